The maximum atomic E-state index is 12.2. The molecule has 1 rings (SSSR count). The molecule has 0 unspecified atom stereocenters. The Labute approximate surface area is 108 Å². The summed E-state index contributed by atoms with van der Waals surface area (Å²) in [4.78, 5) is 0.108. The van der Waals surface area contributed by atoms with Crippen LogP contribution in [0.4, 0.5) is 5.69 Å². The van der Waals surface area contributed by atoms with Crippen LogP contribution in [0.2, 0.25) is 0 Å². The first-order valence-corrected chi connectivity index (χ1v) is 7.38. The topological polar surface area (TPSA) is 83.6 Å². The molecule has 0 aliphatic rings. The molecule has 0 amide bonds. The molecule has 18 heavy (non-hydrogen) atoms. The van der Waals surface area contributed by atoms with E-state index in [1.54, 1.807) is 7.05 Å². The molecule has 5 nitrogen and oxygen atoms in total. The molecule has 1 aromatic rings. The summed E-state index contributed by atoms with van der Waals surface area (Å²) in [5.74, 6) is -0.109. The van der Waals surface area contributed by atoms with Crippen molar-refractivity contribution in [2.24, 2.45) is 0 Å². The zero-order chi connectivity index (χ0) is 13.8. The Hall–Kier alpha value is -1.27. The molecule has 0 fully saturated rings. The van der Waals surface area contributed by atoms with Crippen molar-refractivity contribution in [3.63, 3.8) is 0 Å². The highest BCUT2D eigenvalue weighted by Gasteiger charge is 2.20. The van der Waals surface area contributed by atoms with Gasteiger partial charge in [-0.25, -0.2) is 12.7 Å². The number of nitrogens with two attached hydrogens (primary N) is 1. The van der Waals surface area contributed by atoms with Crippen molar-refractivity contribution in [1.29, 1.82) is 0 Å². The lowest BCUT2D eigenvalue weighted by atomic mass is 10.2. The molecule has 0 aliphatic carbocycles. The van der Waals surface area contributed by atoms with Gasteiger partial charge >= 0.3 is 0 Å². The summed E-state index contributed by atoms with van der Waals surface area (Å²) in [5.41, 5.74) is 5.57. The summed E-state index contributed by atoms with van der Waals surface area (Å²) in [6.07, 6.45) is 2.87. The van der Waals surface area contributed by atoms with Gasteiger partial charge < -0.3 is 10.8 Å². The number of aromatic hydroxyl groups is 1. The number of nitrogen functional groups attached to an aromatic ring is 1. The number of sulfonamides is 1. The number of benzene rings is 1. The van der Waals surface area contributed by atoms with Crippen LogP contribution >= 0.6 is 0 Å². The average Bonchev–Trinajstić information content (AvgIpc) is 2.32. The first kappa shape index (κ1) is 14.8. The predicted octanol–water partition coefficient (Wildman–Crippen LogP) is 1.79. The van der Waals surface area contributed by atoms with Gasteiger partial charge in [-0.3, -0.25) is 0 Å². The predicted molar refractivity (Wildman–Crippen MR) is 71.9 cm³/mol. The largest absolute Gasteiger partial charge is 0.506 e. The maximum absolute atomic E-state index is 12.2. The molecule has 0 radical (unpaired) electrons. The molecule has 0 heterocycles. The van der Waals surface area contributed by atoms with E-state index in [2.05, 4.69) is 6.92 Å². The van der Waals surface area contributed by atoms with Gasteiger partial charge in [-0.1, -0.05) is 19.8 Å². The van der Waals surface area contributed by atoms with Gasteiger partial charge in [-0.15, -0.1) is 0 Å². The molecule has 6 heteroatoms. The number of anilines is 1. The highest BCUT2D eigenvalue weighted by molar-refractivity contribution is 7.89. The average molecular weight is 272 g/mol. The Morgan fingerprint density at radius 3 is 2.56 bits per heavy atom. The highest BCUT2D eigenvalue weighted by atomic mass is 32.2. The Kier molecular flexibility index (Phi) is 4.98. The number of rotatable bonds is 6. The van der Waals surface area contributed by atoms with Gasteiger partial charge in [0.1, 0.15) is 5.75 Å². The van der Waals surface area contributed by atoms with Gasteiger partial charge in [0.05, 0.1) is 10.6 Å². The van der Waals surface area contributed by atoms with Crippen molar-refractivity contribution in [2.75, 3.05) is 19.3 Å². The second kappa shape index (κ2) is 6.06. The number of hydrogen-bond donors (Lipinski definition) is 2. The van der Waals surface area contributed by atoms with Crippen molar-refractivity contribution < 1.29 is 13.5 Å². The van der Waals surface area contributed by atoms with Crippen molar-refractivity contribution >= 4 is 15.7 Å². The minimum atomic E-state index is -3.52. The number of phenols is 1. The van der Waals surface area contributed by atoms with Crippen molar-refractivity contribution in [2.45, 2.75) is 31.1 Å². The first-order chi connectivity index (χ1) is 8.39. The van der Waals surface area contributed by atoms with E-state index >= 15 is 0 Å². The van der Waals surface area contributed by atoms with E-state index in [0.29, 0.717) is 6.54 Å². The Balaban J connectivity index is 2.88. The molecule has 0 spiro atoms. The summed E-state index contributed by atoms with van der Waals surface area (Å²) in [6.45, 7) is 2.55. The number of phenolic OH excluding ortho intramolecular Hbond substituents is 1. The van der Waals surface area contributed by atoms with Gasteiger partial charge in [-0.05, 0) is 24.6 Å². The number of unbranched alkanes of at least 4 members (excludes halogenated alkanes) is 2. The van der Waals surface area contributed by atoms with Gasteiger partial charge in [0.15, 0.2) is 0 Å². The molecule has 102 valence electrons. The van der Waals surface area contributed by atoms with Crippen LogP contribution in [0, 0.1) is 0 Å². The monoisotopic (exact) mass is 272 g/mol. The van der Waals surface area contributed by atoms with Crippen LogP contribution in [-0.4, -0.2) is 31.4 Å². The van der Waals surface area contributed by atoms with E-state index in [9.17, 15) is 13.5 Å². The molecule has 0 saturated heterocycles. The summed E-state index contributed by atoms with van der Waals surface area (Å²) >= 11 is 0. The van der Waals surface area contributed by atoms with Gasteiger partial charge in [0, 0.05) is 13.6 Å². The second-order valence-electron chi connectivity index (χ2n) is 4.25. The van der Waals surface area contributed by atoms with Crippen LogP contribution in [0.15, 0.2) is 23.1 Å². The van der Waals surface area contributed by atoms with Crippen LogP contribution in [0.5, 0.6) is 5.75 Å². The quantitative estimate of drug-likeness (QED) is 0.470. The maximum Gasteiger partial charge on any atom is 0.242 e. The van der Waals surface area contributed by atoms with Gasteiger partial charge in [0.2, 0.25) is 10.0 Å². The Bertz CT molecular complexity index is 500. The normalized spacial score (nSPS) is 11.9. The lowest BCUT2D eigenvalue weighted by molar-refractivity contribution is 0.453. The lowest BCUT2D eigenvalue weighted by Gasteiger charge is -2.17. The number of hydrogen-bond acceptors (Lipinski definition) is 4. The second-order valence-corrected chi connectivity index (χ2v) is 6.30. The van der Waals surface area contributed by atoms with E-state index in [1.807, 2.05) is 0 Å². The molecule has 0 aromatic heterocycles. The Morgan fingerprint density at radius 2 is 2.00 bits per heavy atom. The fraction of sp³-hybridized carbons (Fsp3) is 0.500. The molecule has 0 saturated carbocycles. The molecule has 0 atom stereocenters. The molecular weight excluding hydrogens is 252 g/mol. The van der Waals surface area contributed by atoms with Crippen LogP contribution in [0.3, 0.4) is 0 Å². The summed E-state index contributed by atoms with van der Waals surface area (Å²) in [6, 6.07) is 3.93. The first-order valence-electron chi connectivity index (χ1n) is 5.94. The summed E-state index contributed by atoms with van der Waals surface area (Å²) in [7, 11) is -1.97. The van der Waals surface area contributed by atoms with E-state index in [0.717, 1.165) is 19.3 Å². The summed E-state index contributed by atoms with van der Waals surface area (Å²) < 4.78 is 25.7. The standard InChI is InChI=1S/C12H20N2O3S/c1-3-4-5-8-14(2)18(16,17)10-6-7-12(15)11(13)9-10/h6-7,9,15H,3-5,8,13H2,1-2H3. The minimum Gasteiger partial charge on any atom is -0.506 e. The fourth-order valence-corrected chi connectivity index (χ4v) is 2.82. The van der Waals surface area contributed by atoms with Crippen LogP contribution < -0.4 is 5.73 Å². The molecule has 0 bridgehead atoms. The van der Waals surface area contributed by atoms with Crippen molar-refractivity contribution in [3.8, 4) is 5.75 Å². The third-order valence-electron chi connectivity index (χ3n) is 2.78. The van der Waals surface area contributed by atoms with Crippen LogP contribution in [0.25, 0.3) is 0 Å². The van der Waals surface area contributed by atoms with Gasteiger partial charge in [0.25, 0.3) is 0 Å². The molecular formula is C12H20N2O3S. The highest BCUT2D eigenvalue weighted by Crippen LogP contribution is 2.24. The van der Waals surface area contributed by atoms with E-state index in [-0.39, 0.29) is 16.3 Å². The molecule has 3 N–H and O–H groups in total. The van der Waals surface area contributed by atoms with Crippen molar-refractivity contribution in [3.05, 3.63) is 18.2 Å². The zero-order valence-corrected chi connectivity index (χ0v) is 11.6. The Morgan fingerprint density at radius 1 is 1.33 bits per heavy atom. The summed E-state index contributed by atoms with van der Waals surface area (Å²) in [5, 5.41) is 9.29. The number of nitrogens with zero attached hydrogens (tertiary/aromatic N) is 1. The fourth-order valence-electron chi connectivity index (χ4n) is 1.58. The van der Waals surface area contributed by atoms with Crippen molar-refractivity contribution in [1.82, 2.24) is 4.31 Å². The SMILES string of the molecule is CCCCCN(C)S(=O)(=O)c1ccc(O)c(N)c1. The van der Waals surface area contributed by atoms with Crippen LogP contribution in [-0.2, 0) is 10.0 Å². The molecule has 0 aliphatic heterocycles. The third-order valence-corrected chi connectivity index (χ3v) is 4.64. The lowest BCUT2D eigenvalue weighted by Crippen LogP contribution is -2.28. The third kappa shape index (κ3) is 3.36. The van der Waals surface area contributed by atoms with E-state index in [4.69, 9.17) is 5.73 Å². The van der Waals surface area contributed by atoms with Gasteiger partial charge in [-0.2, -0.15) is 0 Å². The van der Waals surface area contributed by atoms with E-state index < -0.39 is 10.0 Å². The molecule has 1 aromatic carbocycles. The minimum absolute atomic E-state index is 0.0676. The van der Waals surface area contributed by atoms with Crippen LogP contribution in [0.1, 0.15) is 26.2 Å². The van der Waals surface area contributed by atoms with E-state index in [1.165, 1.54) is 22.5 Å². The smallest absolute Gasteiger partial charge is 0.242 e. The zero-order valence-electron chi connectivity index (χ0n) is 10.8.